The fourth-order valence-corrected chi connectivity index (χ4v) is 2.00. The SMILES string of the molecule is Cc1ccc(C(NN)c2ccnn2C)cc1Cl. The maximum Gasteiger partial charge on any atom is 0.0878 e. The first-order valence-corrected chi connectivity index (χ1v) is 5.71. The van der Waals surface area contributed by atoms with Crippen molar-refractivity contribution >= 4 is 11.6 Å². The van der Waals surface area contributed by atoms with Gasteiger partial charge < -0.3 is 0 Å². The van der Waals surface area contributed by atoms with Crippen LogP contribution in [0.15, 0.2) is 30.5 Å². The Morgan fingerprint density at radius 2 is 2.18 bits per heavy atom. The predicted octanol–water partition coefficient (Wildman–Crippen LogP) is 1.93. The summed E-state index contributed by atoms with van der Waals surface area (Å²) in [4.78, 5) is 0. The van der Waals surface area contributed by atoms with Crippen molar-refractivity contribution in [1.29, 1.82) is 0 Å². The Labute approximate surface area is 105 Å². The van der Waals surface area contributed by atoms with E-state index in [1.807, 2.05) is 38.2 Å². The van der Waals surface area contributed by atoms with Gasteiger partial charge in [-0.25, -0.2) is 5.43 Å². The van der Waals surface area contributed by atoms with Crippen molar-refractivity contribution < 1.29 is 0 Å². The Balaban J connectivity index is 2.42. The number of benzene rings is 1. The first kappa shape index (κ1) is 12.1. The van der Waals surface area contributed by atoms with Gasteiger partial charge in [-0.2, -0.15) is 5.10 Å². The number of rotatable bonds is 3. The molecule has 0 saturated heterocycles. The normalized spacial score (nSPS) is 12.7. The molecule has 0 radical (unpaired) electrons. The molecule has 0 spiro atoms. The highest BCUT2D eigenvalue weighted by Crippen LogP contribution is 2.25. The number of hydrogen-bond donors (Lipinski definition) is 2. The summed E-state index contributed by atoms with van der Waals surface area (Å²) in [5, 5.41) is 4.88. The summed E-state index contributed by atoms with van der Waals surface area (Å²) in [6, 6.07) is 7.74. The van der Waals surface area contributed by atoms with Crippen LogP contribution in [0.25, 0.3) is 0 Å². The molecule has 1 atom stereocenters. The number of hydrazine groups is 1. The van der Waals surface area contributed by atoms with Crippen molar-refractivity contribution in [3.8, 4) is 0 Å². The summed E-state index contributed by atoms with van der Waals surface area (Å²) >= 11 is 6.13. The summed E-state index contributed by atoms with van der Waals surface area (Å²) in [5.41, 5.74) is 5.85. The van der Waals surface area contributed by atoms with Crippen LogP contribution in [0.1, 0.15) is 22.9 Å². The maximum absolute atomic E-state index is 6.13. The lowest BCUT2D eigenvalue weighted by atomic mass is 10.0. The van der Waals surface area contributed by atoms with Crippen LogP contribution in [0.5, 0.6) is 0 Å². The molecule has 1 unspecified atom stereocenters. The second kappa shape index (κ2) is 4.87. The number of aromatic nitrogens is 2. The second-order valence-corrected chi connectivity index (χ2v) is 4.40. The molecule has 2 rings (SSSR count). The van der Waals surface area contributed by atoms with E-state index >= 15 is 0 Å². The number of hydrogen-bond acceptors (Lipinski definition) is 3. The van der Waals surface area contributed by atoms with Crippen LogP contribution in [0.3, 0.4) is 0 Å². The highest BCUT2D eigenvalue weighted by Gasteiger charge is 2.16. The van der Waals surface area contributed by atoms with Gasteiger partial charge in [-0.1, -0.05) is 23.7 Å². The van der Waals surface area contributed by atoms with Gasteiger partial charge in [0.25, 0.3) is 0 Å². The fourth-order valence-electron chi connectivity index (χ4n) is 1.81. The number of halogens is 1. The van der Waals surface area contributed by atoms with Crippen molar-refractivity contribution in [2.75, 3.05) is 0 Å². The first-order chi connectivity index (χ1) is 8.13. The molecule has 3 N–H and O–H groups in total. The molecule has 90 valence electrons. The zero-order valence-electron chi connectivity index (χ0n) is 9.81. The molecule has 0 amide bonds. The molecular weight excluding hydrogens is 236 g/mol. The second-order valence-electron chi connectivity index (χ2n) is 3.99. The lowest BCUT2D eigenvalue weighted by molar-refractivity contribution is 0.575. The average Bonchev–Trinajstić information content (AvgIpc) is 2.71. The zero-order valence-corrected chi connectivity index (χ0v) is 10.6. The molecule has 1 heterocycles. The molecule has 0 fully saturated rings. The van der Waals surface area contributed by atoms with Gasteiger partial charge in [-0.3, -0.25) is 10.5 Å². The van der Waals surface area contributed by atoms with E-state index in [9.17, 15) is 0 Å². The Morgan fingerprint density at radius 1 is 1.41 bits per heavy atom. The molecule has 0 bridgehead atoms. The van der Waals surface area contributed by atoms with Crippen molar-refractivity contribution in [2.45, 2.75) is 13.0 Å². The fraction of sp³-hybridized carbons (Fsp3) is 0.250. The molecule has 1 aromatic heterocycles. The van der Waals surface area contributed by atoms with Gasteiger partial charge in [0.15, 0.2) is 0 Å². The van der Waals surface area contributed by atoms with Crippen molar-refractivity contribution in [2.24, 2.45) is 12.9 Å². The van der Waals surface area contributed by atoms with Crippen LogP contribution in [0, 0.1) is 6.92 Å². The largest absolute Gasteiger partial charge is 0.271 e. The molecule has 1 aromatic carbocycles. The van der Waals surface area contributed by atoms with E-state index in [1.165, 1.54) is 0 Å². The van der Waals surface area contributed by atoms with Gasteiger partial charge >= 0.3 is 0 Å². The Morgan fingerprint density at radius 3 is 2.71 bits per heavy atom. The third kappa shape index (κ3) is 2.34. The minimum Gasteiger partial charge on any atom is -0.271 e. The van der Waals surface area contributed by atoms with E-state index in [-0.39, 0.29) is 6.04 Å². The summed E-state index contributed by atoms with van der Waals surface area (Å²) in [7, 11) is 1.88. The van der Waals surface area contributed by atoms with Gasteiger partial charge in [-0.05, 0) is 30.2 Å². The molecule has 4 nitrogen and oxygen atoms in total. The van der Waals surface area contributed by atoms with Crippen molar-refractivity contribution in [3.63, 3.8) is 0 Å². The quantitative estimate of drug-likeness (QED) is 0.647. The molecule has 17 heavy (non-hydrogen) atoms. The first-order valence-electron chi connectivity index (χ1n) is 5.33. The summed E-state index contributed by atoms with van der Waals surface area (Å²) in [6.07, 6.45) is 1.75. The monoisotopic (exact) mass is 250 g/mol. The van der Waals surface area contributed by atoms with Crippen molar-refractivity contribution in [1.82, 2.24) is 15.2 Å². The van der Waals surface area contributed by atoms with E-state index in [1.54, 1.807) is 10.9 Å². The van der Waals surface area contributed by atoms with E-state index in [0.29, 0.717) is 0 Å². The molecule has 0 aliphatic heterocycles. The molecule has 0 saturated carbocycles. The van der Waals surface area contributed by atoms with E-state index in [0.717, 1.165) is 21.8 Å². The average molecular weight is 251 g/mol. The van der Waals surface area contributed by atoms with Crippen LogP contribution in [0.4, 0.5) is 0 Å². The molecule has 5 heteroatoms. The molecule has 2 aromatic rings. The zero-order chi connectivity index (χ0) is 12.4. The van der Waals surface area contributed by atoms with Crippen LogP contribution in [0.2, 0.25) is 5.02 Å². The highest BCUT2D eigenvalue weighted by molar-refractivity contribution is 6.31. The molecule has 0 aliphatic carbocycles. The number of aryl methyl sites for hydroxylation is 2. The van der Waals surface area contributed by atoms with Gasteiger partial charge in [0.05, 0.1) is 11.7 Å². The maximum atomic E-state index is 6.13. The van der Waals surface area contributed by atoms with Crippen molar-refractivity contribution in [3.05, 3.63) is 52.3 Å². The highest BCUT2D eigenvalue weighted by atomic mass is 35.5. The summed E-state index contributed by atoms with van der Waals surface area (Å²) in [6.45, 7) is 1.97. The van der Waals surface area contributed by atoms with Gasteiger partial charge in [0.2, 0.25) is 0 Å². The van der Waals surface area contributed by atoms with Gasteiger partial charge in [0, 0.05) is 18.3 Å². The Kier molecular flexibility index (Phi) is 3.47. The lowest BCUT2D eigenvalue weighted by Crippen LogP contribution is -2.30. The van der Waals surface area contributed by atoms with Crippen LogP contribution in [-0.4, -0.2) is 9.78 Å². The topological polar surface area (TPSA) is 55.9 Å². The third-order valence-electron chi connectivity index (χ3n) is 2.85. The minimum atomic E-state index is -0.111. The molecular formula is C12H15ClN4. The van der Waals surface area contributed by atoms with Crippen LogP contribution in [-0.2, 0) is 7.05 Å². The third-order valence-corrected chi connectivity index (χ3v) is 3.26. The van der Waals surface area contributed by atoms with Gasteiger partial charge in [0.1, 0.15) is 0 Å². The predicted molar refractivity (Wildman–Crippen MR) is 68.6 cm³/mol. The standard InChI is InChI=1S/C12H15ClN4/c1-8-3-4-9(7-10(8)13)12(16-14)11-5-6-15-17(11)2/h3-7,12,16H,14H2,1-2H3. The Bertz CT molecular complexity index is 521. The van der Waals surface area contributed by atoms with E-state index < -0.39 is 0 Å². The summed E-state index contributed by atoms with van der Waals surface area (Å²) in [5.74, 6) is 5.62. The number of nitrogens with one attached hydrogen (secondary N) is 1. The summed E-state index contributed by atoms with van der Waals surface area (Å²) < 4.78 is 1.79. The van der Waals surface area contributed by atoms with E-state index in [2.05, 4.69) is 10.5 Å². The van der Waals surface area contributed by atoms with Crippen LogP contribution < -0.4 is 11.3 Å². The molecule has 0 aliphatic rings. The smallest absolute Gasteiger partial charge is 0.0878 e. The Hall–Kier alpha value is -1.36. The minimum absolute atomic E-state index is 0.111. The number of nitrogens with two attached hydrogens (primary N) is 1. The van der Waals surface area contributed by atoms with E-state index in [4.69, 9.17) is 17.4 Å². The van der Waals surface area contributed by atoms with Gasteiger partial charge in [-0.15, -0.1) is 0 Å². The number of nitrogens with zero attached hydrogens (tertiary/aromatic N) is 2. The van der Waals surface area contributed by atoms with Crippen LogP contribution >= 0.6 is 11.6 Å². The lowest BCUT2D eigenvalue weighted by Gasteiger charge is -2.17.